The maximum Gasteiger partial charge on any atom is 0.254 e. The molecule has 4 nitrogen and oxygen atoms in total. The molecule has 19 heavy (non-hydrogen) atoms. The van der Waals surface area contributed by atoms with E-state index in [2.05, 4.69) is 10.3 Å². The van der Waals surface area contributed by atoms with Gasteiger partial charge < -0.3 is 9.73 Å². The summed E-state index contributed by atoms with van der Waals surface area (Å²) in [5.74, 6) is -0.117. The third-order valence-electron chi connectivity index (χ3n) is 3.37. The molecule has 5 heteroatoms. The number of rotatable bonds is 2. The van der Waals surface area contributed by atoms with Crippen LogP contribution in [-0.4, -0.2) is 10.9 Å². The highest BCUT2D eigenvalue weighted by molar-refractivity contribution is 5.94. The molecular formula is C14H13FN2O2. The Morgan fingerprint density at radius 1 is 1.47 bits per heavy atom. The minimum Gasteiger partial charge on any atom is -0.469 e. The fourth-order valence-corrected chi connectivity index (χ4v) is 2.43. The lowest BCUT2D eigenvalue weighted by Gasteiger charge is -2.22. The molecule has 0 spiro atoms. The van der Waals surface area contributed by atoms with Crippen molar-refractivity contribution in [2.75, 3.05) is 0 Å². The minimum absolute atomic E-state index is 0.0191. The Labute approximate surface area is 109 Å². The average molecular weight is 260 g/mol. The largest absolute Gasteiger partial charge is 0.469 e. The van der Waals surface area contributed by atoms with Gasteiger partial charge in [0.15, 0.2) is 5.82 Å². The maximum absolute atomic E-state index is 13.5. The Balaban J connectivity index is 1.80. The van der Waals surface area contributed by atoms with Crippen molar-refractivity contribution in [1.82, 2.24) is 10.3 Å². The van der Waals surface area contributed by atoms with Gasteiger partial charge in [0.05, 0.1) is 24.1 Å². The fraction of sp³-hybridized carbons (Fsp3) is 0.286. The first-order valence-corrected chi connectivity index (χ1v) is 6.22. The first kappa shape index (κ1) is 11.9. The van der Waals surface area contributed by atoms with E-state index in [4.69, 9.17) is 4.42 Å². The Hall–Kier alpha value is -2.17. The van der Waals surface area contributed by atoms with Gasteiger partial charge in [0.2, 0.25) is 0 Å². The number of hydrogen-bond acceptors (Lipinski definition) is 3. The van der Waals surface area contributed by atoms with Gasteiger partial charge in [0, 0.05) is 18.2 Å². The molecule has 1 aliphatic rings. The van der Waals surface area contributed by atoms with Crippen molar-refractivity contribution in [3.05, 3.63) is 53.5 Å². The van der Waals surface area contributed by atoms with Crippen LogP contribution in [0.3, 0.4) is 0 Å². The zero-order valence-electron chi connectivity index (χ0n) is 10.2. The van der Waals surface area contributed by atoms with Crippen LogP contribution in [0.15, 0.2) is 35.2 Å². The fourth-order valence-electron chi connectivity index (χ4n) is 2.43. The number of furan rings is 1. The Morgan fingerprint density at radius 3 is 3.21 bits per heavy atom. The van der Waals surface area contributed by atoms with Crippen molar-refractivity contribution in [3.8, 4) is 0 Å². The van der Waals surface area contributed by atoms with Gasteiger partial charge >= 0.3 is 0 Å². The second kappa shape index (κ2) is 4.84. The summed E-state index contributed by atoms with van der Waals surface area (Å²) in [4.78, 5) is 15.7. The van der Waals surface area contributed by atoms with E-state index in [-0.39, 0.29) is 11.6 Å². The van der Waals surface area contributed by atoms with Crippen LogP contribution in [0, 0.1) is 5.82 Å². The second-order valence-electron chi connectivity index (χ2n) is 4.57. The molecule has 3 rings (SSSR count). The average Bonchev–Trinajstić information content (AvgIpc) is 2.88. The third-order valence-corrected chi connectivity index (χ3v) is 3.37. The molecule has 1 unspecified atom stereocenters. The van der Waals surface area contributed by atoms with Crippen molar-refractivity contribution in [2.24, 2.45) is 0 Å². The third kappa shape index (κ3) is 2.23. The zero-order valence-corrected chi connectivity index (χ0v) is 10.2. The molecule has 1 atom stereocenters. The number of aryl methyl sites for hydroxylation is 1. The highest BCUT2D eigenvalue weighted by Gasteiger charge is 2.25. The summed E-state index contributed by atoms with van der Waals surface area (Å²) >= 11 is 0. The van der Waals surface area contributed by atoms with Gasteiger partial charge in [0.1, 0.15) is 5.76 Å². The first-order valence-electron chi connectivity index (χ1n) is 6.22. The van der Waals surface area contributed by atoms with Gasteiger partial charge in [-0.05, 0) is 25.0 Å². The van der Waals surface area contributed by atoms with Crippen LogP contribution < -0.4 is 5.32 Å². The molecule has 0 saturated carbocycles. The monoisotopic (exact) mass is 260 g/mol. The summed E-state index contributed by atoms with van der Waals surface area (Å²) in [6.07, 6.45) is 6.75. The number of pyridine rings is 1. The lowest BCUT2D eigenvalue weighted by atomic mass is 9.93. The van der Waals surface area contributed by atoms with Gasteiger partial charge in [-0.15, -0.1) is 0 Å². The van der Waals surface area contributed by atoms with Crippen LogP contribution in [0.25, 0.3) is 0 Å². The summed E-state index contributed by atoms with van der Waals surface area (Å²) in [5, 5.41) is 2.85. The van der Waals surface area contributed by atoms with Gasteiger partial charge in [0.25, 0.3) is 5.91 Å². The molecule has 0 aliphatic heterocycles. The van der Waals surface area contributed by atoms with Gasteiger partial charge in [-0.2, -0.15) is 0 Å². The van der Waals surface area contributed by atoms with E-state index in [1.165, 1.54) is 12.3 Å². The molecule has 0 saturated heterocycles. The van der Waals surface area contributed by atoms with Crippen LogP contribution in [0.5, 0.6) is 0 Å². The molecule has 2 aromatic heterocycles. The van der Waals surface area contributed by atoms with Crippen molar-refractivity contribution in [3.63, 3.8) is 0 Å². The van der Waals surface area contributed by atoms with E-state index in [0.717, 1.165) is 36.8 Å². The lowest BCUT2D eigenvalue weighted by molar-refractivity contribution is 0.0928. The normalized spacial score (nSPS) is 17.8. The number of hydrogen-bond donors (Lipinski definition) is 1. The minimum atomic E-state index is -0.608. The van der Waals surface area contributed by atoms with Gasteiger partial charge in [-0.1, -0.05) is 0 Å². The topological polar surface area (TPSA) is 55.1 Å². The Morgan fingerprint density at radius 2 is 2.37 bits per heavy atom. The lowest BCUT2D eigenvalue weighted by Crippen LogP contribution is -2.31. The SMILES string of the molecule is O=C(NC1CCCc2occc21)c1ccncc1F. The highest BCUT2D eigenvalue weighted by atomic mass is 19.1. The van der Waals surface area contributed by atoms with E-state index in [1.54, 1.807) is 6.26 Å². The van der Waals surface area contributed by atoms with E-state index >= 15 is 0 Å². The molecule has 98 valence electrons. The second-order valence-corrected chi connectivity index (χ2v) is 4.57. The molecule has 1 N–H and O–H groups in total. The van der Waals surface area contributed by atoms with E-state index < -0.39 is 11.7 Å². The van der Waals surface area contributed by atoms with Gasteiger partial charge in [-0.3, -0.25) is 9.78 Å². The van der Waals surface area contributed by atoms with Crippen molar-refractivity contribution in [1.29, 1.82) is 0 Å². The molecule has 0 radical (unpaired) electrons. The number of carbonyl (C=O) groups excluding carboxylic acids is 1. The predicted molar refractivity (Wildman–Crippen MR) is 66.0 cm³/mol. The number of halogens is 1. The standard InChI is InChI=1S/C14H13FN2O2/c15-11-8-16-6-4-9(11)14(18)17-12-2-1-3-13-10(12)5-7-19-13/h4-8,12H,1-3H2,(H,17,18). The number of fused-ring (bicyclic) bond motifs is 1. The number of amides is 1. The van der Waals surface area contributed by atoms with Crippen molar-refractivity contribution in [2.45, 2.75) is 25.3 Å². The smallest absolute Gasteiger partial charge is 0.254 e. The summed E-state index contributed by atoms with van der Waals surface area (Å²) in [6.45, 7) is 0. The Kier molecular flexibility index (Phi) is 3.03. The van der Waals surface area contributed by atoms with Crippen LogP contribution >= 0.6 is 0 Å². The molecule has 1 aliphatic carbocycles. The van der Waals surface area contributed by atoms with Crippen LogP contribution in [0.2, 0.25) is 0 Å². The summed E-state index contributed by atoms with van der Waals surface area (Å²) in [6, 6.07) is 3.13. The quantitative estimate of drug-likeness (QED) is 0.903. The number of nitrogens with zero attached hydrogens (tertiary/aromatic N) is 1. The molecular weight excluding hydrogens is 247 g/mol. The van der Waals surface area contributed by atoms with E-state index in [9.17, 15) is 9.18 Å². The first-order chi connectivity index (χ1) is 9.25. The van der Waals surface area contributed by atoms with Crippen LogP contribution in [0.1, 0.15) is 40.6 Å². The maximum atomic E-state index is 13.5. The van der Waals surface area contributed by atoms with Gasteiger partial charge in [-0.25, -0.2) is 4.39 Å². The summed E-state index contributed by atoms with van der Waals surface area (Å²) < 4.78 is 18.9. The number of carbonyl (C=O) groups is 1. The predicted octanol–water partition coefficient (Wildman–Crippen LogP) is 2.62. The Bertz CT molecular complexity index is 609. The van der Waals surface area contributed by atoms with Crippen molar-refractivity contribution < 1.29 is 13.6 Å². The van der Waals surface area contributed by atoms with Crippen LogP contribution in [0.4, 0.5) is 4.39 Å². The van der Waals surface area contributed by atoms with Crippen LogP contribution in [-0.2, 0) is 6.42 Å². The molecule has 0 fully saturated rings. The number of aromatic nitrogens is 1. The zero-order chi connectivity index (χ0) is 13.2. The number of nitrogens with one attached hydrogen (secondary N) is 1. The molecule has 0 aromatic carbocycles. The molecule has 1 amide bonds. The summed E-state index contributed by atoms with van der Waals surface area (Å²) in [5.41, 5.74) is 1.01. The molecule has 2 heterocycles. The van der Waals surface area contributed by atoms with Crippen molar-refractivity contribution >= 4 is 5.91 Å². The van der Waals surface area contributed by atoms with E-state index in [1.807, 2.05) is 6.07 Å². The molecule has 0 bridgehead atoms. The van der Waals surface area contributed by atoms with E-state index in [0.29, 0.717) is 0 Å². The highest BCUT2D eigenvalue weighted by Crippen LogP contribution is 2.30. The molecule has 2 aromatic rings. The summed E-state index contributed by atoms with van der Waals surface area (Å²) in [7, 11) is 0.